The van der Waals surface area contributed by atoms with E-state index in [-0.39, 0.29) is 0 Å². The van der Waals surface area contributed by atoms with Crippen LogP contribution in [0.3, 0.4) is 0 Å². The molecule has 0 aromatic rings. The van der Waals surface area contributed by atoms with Crippen molar-refractivity contribution in [3.63, 3.8) is 0 Å². The molecule has 0 saturated heterocycles. The van der Waals surface area contributed by atoms with E-state index in [0.29, 0.717) is 6.04 Å². The molecule has 0 fully saturated rings. The van der Waals surface area contributed by atoms with Crippen LogP contribution in [0.2, 0.25) is 0 Å². The molecule has 2 N–H and O–H groups in total. The maximum atomic E-state index is 6.16. The molecule has 0 aromatic carbocycles. The minimum absolute atomic E-state index is 0.455. The Bertz CT molecular complexity index is 101. The smallest absolute Gasteiger partial charge is 0.00670 e. The number of hydrogen-bond donors (Lipinski definition) is 1. The Kier molecular flexibility index (Phi) is 8.53. The fraction of sp³-hybridized carbons (Fsp3) is 1.00. The third kappa shape index (κ3) is 6.09. The van der Waals surface area contributed by atoms with Gasteiger partial charge in [-0.05, 0) is 25.2 Å². The fourth-order valence-electron chi connectivity index (χ4n) is 1.98. The lowest BCUT2D eigenvalue weighted by molar-refractivity contribution is 0.340. The Morgan fingerprint density at radius 3 is 1.92 bits per heavy atom. The molecule has 1 nitrogen and oxygen atoms in total. The molecule has 0 aliphatic carbocycles. The lowest BCUT2D eigenvalue weighted by atomic mass is 9.88. The van der Waals surface area contributed by atoms with Crippen LogP contribution in [0.25, 0.3) is 0 Å². The van der Waals surface area contributed by atoms with Crippen LogP contribution in [-0.2, 0) is 0 Å². The molecule has 0 aliphatic rings. The molecule has 0 aromatic heterocycles. The molecule has 1 heteroatoms. The predicted molar refractivity (Wildman–Crippen MR) is 60.8 cm³/mol. The zero-order valence-electron chi connectivity index (χ0n) is 9.68. The second-order valence-corrected chi connectivity index (χ2v) is 4.14. The maximum absolute atomic E-state index is 6.16. The average Bonchev–Trinajstić information content (AvgIpc) is 2.12. The van der Waals surface area contributed by atoms with Crippen LogP contribution < -0.4 is 5.73 Å². The van der Waals surface area contributed by atoms with Gasteiger partial charge in [0.05, 0.1) is 0 Å². The van der Waals surface area contributed by atoms with E-state index in [1.165, 1.54) is 44.9 Å². The van der Waals surface area contributed by atoms with Gasteiger partial charge in [0.2, 0.25) is 0 Å². The van der Waals surface area contributed by atoms with Crippen LogP contribution in [0.4, 0.5) is 0 Å². The summed E-state index contributed by atoms with van der Waals surface area (Å²) in [6, 6.07) is 0.455. The quantitative estimate of drug-likeness (QED) is 0.613. The Morgan fingerprint density at radius 2 is 1.46 bits per heavy atom. The van der Waals surface area contributed by atoms with Crippen LogP contribution in [0.5, 0.6) is 0 Å². The molecule has 0 heterocycles. The Morgan fingerprint density at radius 1 is 0.846 bits per heavy atom. The first-order valence-corrected chi connectivity index (χ1v) is 6.01. The molecule has 2 atom stereocenters. The van der Waals surface area contributed by atoms with Crippen molar-refractivity contribution >= 4 is 0 Å². The van der Waals surface area contributed by atoms with Gasteiger partial charge in [-0.25, -0.2) is 0 Å². The summed E-state index contributed by atoms with van der Waals surface area (Å²) in [6.45, 7) is 6.74. The van der Waals surface area contributed by atoms with Gasteiger partial charge in [-0.2, -0.15) is 0 Å². The largest absolute Gasteiger partial charge is 0.327 e. The summed E-state index contributed by atoms with van der Waals surface area (Å²) in [6.07, 6.45) is 9.03. The lowest BCUT2D eigenvalue weighted by Gasteiger charge is -2.22. The SMILES string of the molecule is CCCCC(CCC)C(N)CCC. The van der Waals surface area contributed by atoms with E-state index in [1.807, 2.05) is 0 Å². The van der Waals surface area contributed by atoms with Crippen LogP contribution in [0.15, 0.2) is 0 Å². The first-order chi connectivity index (χ1) is 6.26. The van der Waals surface area contributed by atoms with E-state index in [1.54, 1.807) is 0 Å². The highest BCUT2D eigenvalue weighted by Crippen LogP contribution is 2.20. The summed E-state index contributed by atoms with van der Waals surface area (Å²) in [5.74, 6) is 0.782. The highest BCUT2D eigenvalue weighted by molar-refractivity contribution is 4.72. The third-order valence-electron chi connectivity index (χ3n) is 2.82. The van der Waals surface area contributed by atoms with Gasteiger partial charge in [-0.3, -0.25) is 0 Å². The van der Waals surface area contributed by atoms with Crippen LogP contribution in [0.1, 0.15) is 65.7 Å². The monoisotopic (exact) mass is 185 g/mol. The summed E-state index contributed by atoms with van der Waals surface area (Å²) >= 11 is 0. The normalized spacial score (nSPS) is 15.7. The molecule has 0 bridgehead atoms. The Hall–Kier alpha value is -0.0400. The summed E-state index contributed by atoms with van der Waals surface area (Å²) in [4.78, 5) is 0. The van der Waals surface area contributed by atoms with Crippen LogP contribution >= 0.6 is 0 Å². The van der Waals surface area contributed by atoms with Gasteiger partial charge >= 0.3 is 0 Å². The highest BCUT2D eigenvalue weighted by Gasteiger charge is 2.14. The van der Waals surface area contributed by atoms with Crippen LogP contribution in [-0.4, -0.2) is 6.04 Å². The van der Waals surface area contributed by atoms with E-state index >= 15 is 0 Å². The molecular weight excluding hydrogens is 158 g/mol. The highest BCUT2D eigenvalue weighted by atomic mass is 14.6. The van der Waals surface area contributed by atoms with Gasteiger partial charge in [0.15, 0.2) is 0 Å². The van der Waals surface area contributed by atoms with Crippen molar-refractivity contribution in [2.24, 2.45) is 11.7 Å². The maximum Gasteiger partial charge on any atom is 0.00670 e. The molecule has 0 aliphatic heterocycles. The molecule has 0 spiro atoms. The van der Waals surface area contributed by atoms with Crippen LogP contribution in [0, 0.1) is 5.92 Å². The standard InChI is InChI=1S/C12H27N/c1-4-7-10-11(8-5-2)12(13)9-6-3/h11-12H,4-10,13H2,1-3H3. The topological polar surface area (TPSA) is 26.0 Å². The van der Waals surface area contributed by atoms with Crippen molar-refractivity contribution in [2.45, 2.75) is 71.8 Å². The minimum Gasteiger partial charge on any atom is -0.327 e. The second-order valence-electron chi connectivity index (χ2n) is 4.14. The van der Waals surface area contributed by atoms with Crippen molar-refractivity contribution in [3.05, 3.63) is 0 Å². The van der Waals surface area contributed by atoms with Crippen molar-refractivity contribution in [3.8, 4) is 0 Å². The Labute approximate surface area is 84.1 Å². The summed E-state index contributed by atoms with van der Waals surface area (Å²) in [5, 5.41) is 0. The average molecular weight is 185 g/mol. The fourth-order valence-corrected chi connectivity index (χ4v) is 1.98. The van der Waals surface area contributed by atoms with Gasteiger partial charge in [0.25, 0.3) is 0 Å². The van der Waals surface area contributed by atoms with Gasteiger partial charge < -0.3 is 5.73 Å². The minimum atomic E-state index is 0.455. The van der Waals surface area contributed by atoms with E-state index in [0.717, 1.165) is 5.92 Å². The third-order valence-corrected chi connectivity index (χ3v) is 2.82. The molecule has 2 unspecified atom stereocenters. The summed E-state index contributed by atoms with van der Waals surface area (Å²) in [7, 11) is 0. The zero-order valence-corrected chi connectivity index (χ0v) is 9.68. The van der Waals surface area contributed by atoms with Crippen molar-refractivity contribution < 1.29 is 0 Å². The molecule has 0 amide bonds. The number of hydrogen-bond acceptors (Lipinski definition) is 1. The second kappa shape index (κ2) is 8.55. The first kappa shape index (κ1) is 13.0. The molecule has 0 rings (SSSR count). The zero-order chi connectivity index (χ0) is 10.1. The van der Waals surface area contributed by atoms with Gasteiger partial charge in [-0.1, -0.05) is 46.5 Å². The molecular formula is C12H27N. The number of unbranched alkanes of at least 4 members (excludes halogenated alkanes) is 1. The first-order valence-electron chi connectivity index (χ1n) is 6.01. The number of nitrogens with two attached hydrogens (primary N) is 1. The van der Waals surface area contributed by atoms with Gasteiger partial charge in [-0.15, -0.1) is 0 Å². The lowest BCUT2D eigenvalue weighted by Crippen LogP contribution is -2.29. The number of rotatable bonds is 8. The van der Waals surface area contributed by atoms with Crippen molar-refractivity contribution in [1.82, 2.24) is 0 Å². The van der Waals surface area contributed by atoms with Crippen molar-refractivity contribution in [2.75, 3.05) is 0 Å². The molecule has 0 radical (unpaired) electrons. The Balaban J connectivity index is 3.75. The summed E-state index contributed by atoms with van der Waals surface area (Å²) < 4.78 is 0. The van der Waals surface area contributed by atoms with E-state index in [9.17, 15) is 0 Å². The van der Waals surface area contributed by atoms with E-state index < -0.39 is 0 Å². The van der Waals surface area contributed by atoms with E-state index in [2.05, 4.69) is 20.8 Å². The van der Waals surface area contributed by atoms with Gasteiger partial charge in [0, 0.05) is 6.04 Å². The van der Waals surface area contributed by atoms with Crippen molar-refractivity contribution in [1.29, 1.82) is 0 Å². The predicted octanol–water partition coefficient (Wildman–Crippen LogP) is 3.72. The van der Waals surface area contributed by atoms with E-state index in [4.69, 9.17) is 5.73 Å². The molecule has 80 valence electrons. The summed E-state index contributed by atoms with van der Waals surface area (Å²) in [5.41, 5.74) is 6.16. The molecule has 13 heavy (non-hydrogen) atoms. The van der Waals surface area contributed by atoms with Gasteiger partial charge in [0.1, 0.15) is 0 Å². The molecule has 0 saturated carbocycles.